The van der Waals surface area contributed by atoms with Crippen LogP contribution in [0, 0.1) is 0 Å². The van der Waals surface area contributed by atoms with Crippen LogP contribution in [0.1, 0.15) is 45.9 Å². The minimum atomic E-state index is -0.280. The van der Waals surface area contributed by atoms with E-state index in [9.17, 15) is 9.59 Å². The summed E-state index contributed by atoms with van der Waals surface area (Å²) >= 11 is 0. The fourth-order valence-corrected chi connectivity index (χ4v) is 4.47. The molecule has 2 aromatic heterocycles. The summed E-state index contributed by atoms with van der Waals surface area (Å²) in [6.45, 7) is 0.754. The first-order chi connectivity index (χ1) is 16.0. The van der Waals surface area contributed by atoms with Crippen LogP contribution in [0.2, 0.25) is 0 Å². The van der Waals surface area contributed by atoms with Crippen molar-refractivity contribution in [3.63, 3.8) is 0 Å². The van der Waals surface area contributed by atoms with E-state index in [2.05, 4.69) is 15.0 Å². The second kappa shape index (κ2) is 8.38. The number of imidazole rings is 1. The molecule has 9 heteroatoms. The van der Waals surface area contributed by atoms with Crippen LogP contribution in [-0.2, 0) is 20.0 Å². The topological polar surface area (TPSA) is 94.3 Å². The number of methoxy groups -OCH3 is 1. The maximum atomic E-state index is 13.2. The number of carbonyl (C=O) groups is 2. The van der Waals surface area contributed by atoms with Gasteiger partial charge < -0.3 is 19.5 Å². The summed E-state index contributed by atoms with van der Waals surface area (Å²) in [5.41, 5.74) is 2.45. The molecule has 9 nitrogen and oxygen atoms in total. The first-order valence-electron chi connectivity index (χ1n) is 11.3. The van der Waals surface area contributed by atoms with Gasteiger partial charge in [-0.1, -0.05) is 12.1 Å². The smallest absolute Gasteiger partial charge is 0.270 e. The average molecular weight is 449 g/mol. The number of carbonyl (C=O) groups excluding carboxylic acids is 2. The molecule has 3 aromatic rings. The number of aromatic nitrogens is 4. The van der Waals surface area contributed by atoms with Gasteiger partial charge in [-0.05, 0) is 31.4 Å². The fraction of sp³-hybridized carbons (Fsp3) is 0.417. The van der Waals surface area contributed by atoms with Crippen molar-refractivity contribution >= 4 is 11.8 Å². The molecule has 0 saturated heterocycles. The van der Waals surface area contributed by atoms with Crippen molar-refractivity contribution in [1.29, 1.82) is 0 Å². The first kappa shape index (κ1) is 21.2. The lowest BCUT2D eigenvalue weighted by Crippen LogP contribution is -2.41. The molecule has 0 radical (unpaired) electrons. The van der Waals surface area contributed by atoms with Crippen molar-refractivity contribution in [3.8, 4) is 17.0 Å². The number of rotatable bonds is 6. The highest BCUT2D eigenvalue weighted by Gasteiger charge is 2.34. The van der Waals surface area contributed by atoms with Gasteiger partial charge in [0.05, 0.1) is 24.6 Å². The lowest BCUT2D eigenvalue weighted by molar-refractivity contribution is 0.0775. The third-order valence-corrected chi connectivity index (χ3v) is 6.52. The van der Waals surface area contributed by atoms with E-state index < -0.39 is 0 Å². The molecule has 2 aliphatic rings. The van der Waals surface area contributed by atoms with Crippen molar-refractivity contribution in [2.75, 3.05) is 14.2 Å². The van der Waals surface area contributed by atoms with Gasteiger partial charge in [0.25, 0.3) is 11.8 Å². The number of hydrogen-bond acceptors (Lipinski definition) is 5. The number of hydrogen-bond donors (Lipinski definition) is 1. The van der Waals surface area contributed by atoms with Crippen molar-refractivity contribution in [2.45, 2.75) is 44.3 Å². The molecule has 0 unspecified atom stereocenters. The molecule has 1 aromatic carbocycles. The highest BCUT2D eigenvalue weighted by Crippen LogP contribution is 2.30. The van der Waals surface area contributed by atoms with E-state index in [-0.39, 0.29) is 23.9 Å². The van der Waals surface area contributed by atoms with Gasteiger partial charge >= 0.3 is 0 Å². The summed E-state index contributed by atoms with van der Waals surface area (Å²) < 4.78 is 9.09. The molecular formula is C24H28N6O3. The molecule has 2 amide bonds. The van der Waals surface area contributed by atoms with E-state index in [0.717, 1.165) is 48.6 Å². The molecule has 0 spiro atoms. The molecule has 3 heterocycles. The van der Waals surface area contributed by atoms with E-state index in [4.69, 9.17) is 9.72 Å². The van der Waals surface area contributed by atoms with Crippen LogP contribution in [-0.4, -0.2) is 62.3 Å². The van der Waals surface area contributed by atoms with E-state index in [1.54, 1.807) is 26.1 Å². The van der Waals surface area contributed by atoms with E-state index >= 15 is 0 Å². The van der Waals surface area contributed by atoms with E-state index in [1.807, 2.05) is 30.5 Å². The first-order valence-corrected chi connectivity index (χ1v) is 11.3. The Balaban J connectivity index is 1.32. The van der Waals surface area contributed by atoms with Crippen molar-refractivity contribution in [2.24, 2.45) is 7.05 Å². The minimum Gasteiger partial charge on any atom is -0.496 e. The van der Waals surface area contributed by atoms with Crippen molar-refractivity contribution in [3.05, 3.63) is 53.7 Å². The Hall–Kier alpha value is -3.62. The predicted octanol–water partition coefficient (Wildman–Crippen LogP) is 2.27. The highest BCUT2D eigenvalue weighted by atomic mass is 16.5. The van der Waals surface area contributed by atoms with E-state index in [1.165, 1.54) is 10.9 Å². The number of fused-ring (bicyclic) bond motifs is 1. The SMILES string of the molecule is COc1ccccc1-c1cn2c(n1)C[C@H](NC(=O)c1c(C(=O)N(C)C3CC3)cnn1C)CC2. The van der Waals surface area contributed by atoms with Gasteiger partial charge in [-0.25, -0.2) is 4.98 Å². The Bertz CT molecular complexity index is 1210. The second-order valence-electron chi connectivity index (χ2n) is 8.78. The molecule has 1 saturated carbocycles. The predicted molar refractivity (Wildman–Crippen MR) is 122 cm³/mol. The van der Waals surface area contributed by atoms with Crippen LogP contribution in [0.3, 0.4) is 0 Å². The number of para-hydroxylation sites is 1. The van der Waals surface area contributed by atoms with Gasteiger partial charge in [-0.15, -0.1) is 0 Å². The standard InChI is InChI=1S/C24H28N6O3/c1-28(16-8-9-16)24(32)18-13-25-29(2)22(18)23(31)26-15-10-11-30-14-19(27-21(30)12-15)17-6-4-5-7-20(17)33-3/h4-7,13-16H,8-12H2,1-3H3,(H,26,31)/t15-/m1/s1. The lowest BCUT2D eigenvalue weighted by atomic mass is 10.1. The molecule has 1 N–H and O–H groups in total. The third kappa shape index (κ3) is 3.99. The number of nitrogens with one attached hydrogen (secondary N) is 1. The fourth-order valence-electron chi connectivity index (χ4n) is 4.47. The molecule has 1 aliphatic carbocycles. The highest BCUT2D eigenvalue weighted by molar-refractivity contribution is 6.06. The Labute approximate surface area is 192 Å². The number of benzene rings is 1. The zero-order valence-electron chi connectivity index (χ0n) is 19.1. The number of nitrogens with zero attached hydrogens (tertiary/aromatic N) is 5. The Morgan fingerprint density at radius 1 is 1.21 bits per heavy atom. The molecular weight excluding hydrogens is 420 g/mol. The van der Waals surface area contributed by atoms with Crippen LogP contribution in [0.25, 0.3) is 11.3 Å². The van der Waals surface area contributed by atoms with Crippen molar-refractivity contribution < 1.29 is 14.3 Å². The van der Waals surface area contributed by atoms with Crippen LogP contribution in [0.5, 0.6) is 5.75 Å². The van der Waals surface area contributed by atoms with Crippen LogP contribution < -0.4 is 10.1 Å². The molecule has 1 aliphatic heterocycles. The van der Waals surface area contributed by atoms with E-state index in [0.29, 0.717) is 17.7 Å². The van der Waals surface area contributed by atoms with Crippen LogP contribution in [0.4, 0.5) is 0 Å². The van der Waals surface area contributed by atoms with Crippen LogP contribution in [0.15, 0.2) is 36.7 Å². The summed E-state index contributed by atoms with van der Waals surface area (Å²) in [5.74, 6) is 1.26. The molecule has 5 rings (SSSR count). The number of amides is 2. The third-order valence-electron chi connectivity index (χ3n) is 6.52. The zero-order valence-corrected chi connectivity index (χ0v) is 19.1. The normalized spacial score (nSPS) is 17.4. The van der Waals surface area contributed by atoms with Gasteiger partial charge in [0.2, 0.25) is 0 Å². The van der Waals surface area contributed by atoms with Gasteiger partial charge in [0, 0.05) is 50.9 Å². The maximum Gasteiger partial charge on any atom is 0.270 e. The van der Waals surface area contributed by atoms with Gasteiger partial charge in [0.15, 0.2) is 0 Å². The summed E-state index contributed by atoms with van der Waals surface area (Å²) in [4.78, 5) is 32.6. The summed E-state index contributed by atoms with van der Waals surface area (Å²) in [6.07, 6.45) is 6.94. The lowest BCUT2D eigenvalue weighted by Gasteiger charge is -2.24. The minimum absolute atomic E-state index is 0.0723. The summed E-state index contributed by atoms with van der Waals surface area (Å²) in [5, 5.41) is 7.29. The van der Waals surface area contributed by atoms with Crippen LogP contribution >= 0.6 is 0 Å². The van der Waals surface area contributed by atoms with Gasteiger partial charge in [-0.2, -0.15) is 5.10 Å². The maximum absolute atomic E-state index is 13.2. The van der Waals surface area contributed by atoms with Gasteiger partial charge in [-0.3, -0.25) is 14.3 Å². The molecule has 0 bridgehead atoms. The van der Waals surface area contributed by atoms with Gasteiger partial charge in [0.1, 0.15) is 17.3 Å². The Morgan fingerprint density at radius 2 is 2.00 bits per heavy atom. The molecule has 172 valence electrons. The molecule has 1 fully saturated rings. The second-order valence-corrected chi connectivity index (χ2v) is 8.78. The number of aryl methyl sites for hydroxylation is 2. The zero-order chi connectivity index (χ0) is 23.1. The molecule has 33 heavy (non-hydrogen) atoms. The quantitative estimate of drug-likeness (QED) is 0.624. The largest absolute Gasteiger partial charge is 0.496 e. The monoisotopic (exact) mass is 448 g/mol. The number of ether oxygens (including phenoxy) is 1. The summed E-state index contributed by atoms with van der Waals surface area (Å²) in [6, 6.07) is 8.01. The van der Waals surface area contributed by atoms with Crippen molar-refractivity contribution in [1.82, 2.24) is 29.5 Å². The molecule has 1 atom stereocenters. The summed E-state index contributed by atoms with van der Waals surface area (Å²) in [7, 11) is 5.13. The Kier molecular flexibility index (Phi) is 5.39. The average Bonchev–Trinajstić information content (AvgIpc) is 3.47. The Morgan fingerprint density at radius 3 is 2.76 bits per heavy atom.